The number of ether oxygens (including phenoxy) is 2. The van der Waals surface area contributed by atoms with Crippen molar-refractivity contribution in [3.63, 3.8) is 0 Å². The van der Waals surface area contributed by atoms with Gasteiger partial charge in [0.1, 0.15) is 11.0 Å². The summed E-state index contributed by atoms with van der Waals surface area (Å²) < 4.78 is 12.1. The quantitative estimate of drug-likeness (QED) is 0.524. The Balaban J connectivity index is 1.70. The number of nitrogens with zero attached hydrogens (tertiary/aromatic N) is 3. The Morgan fingerprint density at radius 1 is 1.23 bits per heavy atom. The number of rotatable bonds is 7. The molecule has 8 nitrogen and oxygen atoms in total. The van der Waals surface area contributed by atoms with Crippen LogP contribution in [0.25, 0.3) is 11.4 Å². The maximum atomic E-state index is 13.0. The molecule has 0 saturated carbocycles. The van der Waals surface area contributed by atoms with Crippen LogP contribution in [0.1, 0.15) is 11.6 Å². The smallest absolute Gasteiger partial charge is 0.236 e. The first-order chi connectivity index (χ1) is 15.1. The van der Waals surface area contributed by atoms with Gasteiger partial charge in [0, 0.05) is 19.2 Å². The molecule has 3 aromatic rings. The second kappa shape index (κ2) is 9.59. The summed E-state index contributed by atoms with van der Waals surface area (Å²) in [5.41, 5.74) is 5.20. The number of aromatic nitrogens is 3. The molecule has 162 valence electrons. The molecule has 31 heavy (non-hydrogen) atoms. The lowest BCUT2D eigenvalue weighted by Gasteiger charge is -2.33. The van der Waals surface area contributed by atoms with Crippen LogP contribution in [0.4, 0.5) is 0 Å². The van der Waals surface area contributed by atoms with Gasteiger partial charge in [-0.15, -0.1) is 10.2 Å². The highest BCUT2D eigenvalue weighted by atomic mass is 35.5. The van der Waals surface area contributed by atoms with Crippen molar-refractivity contribution >= 4 is 29.3 Å². The molecule has 0 aliphatic carbocycles. The van der Waals surface area contributed by atoms with E-state index < -0.39 is 5.25 Å². The molecule has 2 aromatic carbocycles. The van der Waals surface area contributed by atoms with Crippen molar-refractivity contribution in [2.45, 2.75) is 16.4 Å². The van der Waals surface area contributed by atoms with Crippen LogP contribution in [-0.2, 0) is 9.53 Å². The number of halogens is 1. The average molecular weight is 460 g/mol. The molecular weight excluding hydrogens is 438 g/mol. The fraction of sp³-hybridized carbons (Fsp3) is 0.286. The summed E-state index contributed by atoms with van der Waals surface area (Å²) in [6, 6.07) is 14.9. The van der Waals surface area contributed by atoms with Gasteiger partial charge < -0.3 is 20.2 Å². The van der Waals surface area contributed by atoms with E-state index in [9.17, 15) is 4.79 Å². The average Bonchev–Trinajstić information content (AvgIpc) is 3.22. The number of benzene rings is 2. The van der Waals surface area contributed by atoms with E-state index >= 15 is 0 Å². The number of amides is 1. The van der Waals surface area contributed by atoms with Gasteiger partial charge >= 0.3 is 0 Å². The van der Waals surface area contributed by atoms with E-state index in [2.05, 4.69) is 20.9 Å². The third-order valence-electron chi connectivity index (χ3n) is 4.87. The number of methoxy groups -OCH3 is 2. The minimum atomic E-state index is -0.485. The zero-order valence-electron chi connectivity index (χ0n) is 17.0. The van der Waals surface area contributed by atoms with Gasteiger partial charge in [-0.1, -0.05) is 59.8 Å². The van der Waals surface area contributed by atoms with Gasteiger partial charge in [-0.05, 0) is 17.7 Å². The lowest BCUT2D eigenvalue weighted by molar-refractivity contribution is -0.121. The fourth-order valence-electron chi connectivity index (χ4n) is 3.33. The van der Waals surface area contributed by atoms with Crippen LogP contribution >= 0.6 is 23.4 Å². The second-order valence-corrected chi connectivity index (χ2v) is 8.35. The molecule has 4 rings (SSSR count). The molecule has 10 heteroatoms. The lowest BCUT2D eigenvalue weighted by atomic mass is 10.0. The van der Waals surface area contributed by atoms with Crippen LogP contribution in [0.3, 0.4) is 0 Å². The number of hydrogen-bond acceptors (Lipinski definition) is 7. The first-order valence-corrected chi connectivity index (χ1v) is 10.9. The lowest BCUT2D eigenvalue weighted by Crippen LogP contribution is -2.44. The Morgan fingerprint density at radius 3 is 2.74 bits per heavy atom. The molecule has 2 heterocycles. The van der Waals surface area contributed by atoms with E-state index in [0.29, 0.717) is 34.9 Å². The number of hydrogen-bond donors (Lipinski definition) is 2. The molecule has 2 atom stereocenters. The Bertz CT molecular complexity index is 1060. The topological polar surface area (TPSA) is 90.3 Å². The summed E-state index contributed by atoms with van der Waals surface area (Å²) in [6.45, 7) is 0.856. The SMILES string of the molecule is COCCNC(=O)[C@H]1Sc2nnc(-c3ccccc3)n2N[C@H]1c1ccc(OC)c(Cl)c1. The van der Waals surface area contributed by atoms with Crippen LogP contribution in [-0.4, -0.2) is 53.4 Å². The van der Waals surface area contributed by atoms with Crippen molar-refractivity contribution in [1.29, 1.82) is 0 Å². The Morgan fingerprint density at radius 2 is 2.03 bits per heavy atom. The van der Waals surface area contributed by atoms with Crippen LogP contribution in [0.5, 0.6) is 5.75 Å². The minimum absolute atomic E-state index is 0.123. The van der Waals surface area contributed by atoms with E-state index in [0.717, 1.165) is 11.1 Å². The second-order valence-electron chi connectivity index (χ2n) is 6.83. The molecule has 0 spiro atoms. The van der Waals surface area contributed by atoms with Gasteiger partial charge in [-0.2, -0.15) is 0 Å². The monoisotopic (exact) mass is 459 g/mol. The van der Waals surface area contributed by atoms with Gasteiger partial charge in [0.25, 0.3) is 0 Å². The van der Waals surface area contributed by atoms with Gasteiger partial charge in [0.15, 0.2) is 5.82 Å². The summed E-state index contributed by atoms with van der Waals surface area (Å²) in [4.78, 5) is 13.0. The normalized spacial score (nSPS) is 17.5. The van der Waals surface area contributed by atoms with E-state index in [-0.39, 0.29) is 11.9 Å². The number of carbonyl (C=O) groups excluding carboxylic acids is 1. The minimum Gasteiger partial charge on any atom is -0.495 e. The number of carbonyl (C=O) groups is 1. The maximum Gasteiger partial charge on any atom is 0.236 e. The zero-order chi connectivity index (χ0) is 21.8. The molecule has 2 N–H and O–H groups in total. The molecule has 0 unspecified atom stereocenters. The van der Waals surface area contributed by atoms with E-state index in [1.165, 1.54) is 11.8 Å². The van der Waals surface area contributed by atoms with Crippen molar-refractivity contribution in [3.8, 4) is 17.1 Å². The molecular formula is C21H22ClN5O3S. The molecule has 1 aromatic heterocycles. The third-order valence-corrected chi connectivity index (χ3v) is 6.38. The number of nitrogens with one attached hydrogen (secondary N) is 2. The summed E-state index contributed by atoms with van der Waals surface area (Å²) in [5.74, 6) is 1.12. The molecule has 0 saturated heterocycles. The first kappa shape index (κ1) is 21.5. The van der Waals surface area contributed by atoms with Gasteiger partial charge in [0.2, 0.25) is 11.1 Å². The highest BCUT2D eigenvalue weighted by molar-refractivity contribution is 8.00. The Hall–Kier alpha value is -2.75. The highest BCUT2D eigenvalue weighted by Gasteiger charge is 2.38. The predicted molar refractivity (Wildman–Crippen MR) is 120 cm³/mol. The standard InChI is InChI=1S/C21H22ClN5O3S/c1-29-11-10-23-20(28)18-17(14-8-9-16(30-2)15(22)12-14)26-27-19(24-25-21(27)31-18)13-6-4-3-5-7-13/h3-9,12,17-18,26H,10-11H2,1-2H3,(H,23,28)/t17-,18-/m0/s1. The molecule has 1 amide bonds. The van der Waals surface area contributed by atoms with Crippen LogP contribution < -0.4 is 15.5 Å². The molecule has 0 fully saturated rings. The number of thioether (sulfide) groups is 1. The van der Waals surface area contributed by atoms with Crippen LogP contribution in [0.15, 0.2) is 53.7 Å². The van der Waals surface area contributed by atoms with Crippen LogP contribution in [0, 0.1) is 0 Å². The van der Waals surface area contributed by atoms with Crippen LogP contribution in [0.2, 0.25) is 5.02 Å². The highest BCUT2D eigenvalue weighted by Crippen LogP contribution is 2.40. The Labute approximate surface area is 189 Å². The van der Waals surface area contributed by atoms with Crippen molar-refractivity contribution in [3.05, 3.63) is 59.1 Å². The summed E-state index contributed by atoms with van der Waals surface area (Å²) in [7, 11) is 3.16. The van der Waals surface area contributed by atoms with Crippen molar-refractivity contribution in [2.75, 3.05) is 32.8 Å². The molecule has 0 radical (unpaired) electrons. The Kier molecular flexibility index (Phi) is 6.64. The zero-order valence-corrected chi connectivity index (χ0v) is 18.6. The summed E-state index contributed by atoms with van der Waals surface area (Å²) in [5, 5.41) is 12.2. The van der Waals surface area contributed by atoms with E-state index in [4.69, 9.17) is 21.1 Å². The van der Waals surface area contributed by atoms with Crippen molar-refractivity contribution < 1.29 is 14.3 Å². The van der Waals surface area contributed by atoms with Crippen molar-refractivity contribution in [1.82, 2.24) is 20.2 Å². The molecule has 1 aliphatic heterocycles. The summed E-state index contributed by atoms with van der Waals surface area (Å²) >= 11 is 7.73. The van der Waals surface area contributed by atoms with Crippen molar-refractivity contribution in [2.24, 2.45) is 0 Å². The van der Waals surface area contributed by atoms with E-state index in [1.54, 1.807) is 20.3 Å². The predicted octanol–water partition coefficient (Wildman–Crippen LogP) is 3.13. The fourth-order valence-corrected chi connectivity index (χ4v) is 4.70. The molecule has 1 aliphatic rings. The number of fused-ring (bicyclic) bond motifs is 1. The van der Waals surface area contributed by atoms with E-state index in [1.807, 2.05) is 47.1 Å². The van der Waals surface area contributed by atoms with Gasteiger partial charge in [0.05, 0.1) is 24.8 Å². The maximum absolute atomic E-state index is 13.0. The van der Waals surface area contributed by atoms with Gasteiger partial charge in [-0.25, -0.2) is 4.68 Å². The largest absolute Gasteiger partial charge is 0.495 e. The van der Waals surface area contributed by atoms with Gasteiger partial charge in [-0.3, -0.25) is 4.79 Å². The first-order valence-electron chi connectivity index (χ1n) is 9.66. The third kappa shape index (κ3) is 4.48. The molecule has 0 bridgehead atoms. The summed E-state index contributed by atoms with van der Waals surface area (Å²) in [6.07, 6.45) is 0.